The SMILES string of the molecule is CCOC(=O)C(C)CCCI. The van der Waals surface area contributed by atoms with Crippen molar-refractivity contribution in [3.05, 3.63) is 0 Å². The third-order valence-corrected chi connectivity index (χ3v) is 2.22. The highest BCUT2D eigenvalue weighted by Crippen LogP contribution is 2.08. The predicted molar refractivity (Wildman–Crippen MR) is 53.9 cm³/mol. The Morgan fingerprint density at radius 2 is 2.27 bits per heavy atom. The number of ether oxygens (including phenoxy) is 1. The smallest absolute Gasteiger partial charge is 0.308 e. The van der Waals surface area contributed by atoms with E-state index >= 15 is 0 Å². The number of esters is 1. The second-order valence-electron chi connectivity index (χ2n) is 2.48. The van der Waals surface area contributed by atoms with E-state index < -0.39 is 0 Å². The monoisotopic (exact) mass is 270 g/mol. The second kappa shape index (κ2) is 6.88. The summed E-state index contributed by atoms with van der Waals surface area (Å²) in [6.45, 7) is 4.25. The fourth-order valence-corrected chi connectivity index (χ4v) is 1.23. The normalized spacial score (nSPS) is 12.6. The molecule has 0 rings (SSSR count). The summed E-state index contributed by atoms with van der Waals surface area (Å²) in [6.07, 6.45) is 2.04. The van der Waals surface area contributed by atoms with E-state index in [2.05, 4.69) is 22.6 Å². The zero-order valence-corrected chi connectivity index (χ0v) is 9.26. The molecule has 0 bridgehead atoms. The number of carbonyl (C=O) groups excluding carboxylic acids is 1. The summed E-state index contributed by atoms with van der Waals surface area (Å²) >= 11 is 2.31. The van der Waals surface area contributed by atoms with E-state index in [1.807, 2.05) is 13.8 Å². The first kappa shape index (κ1) is 11.2. The van der Waals surface area contributed by atoms with Crippen molar-refractivity contribution in [2.45, 2.75) is 26.7 Å². The minimum Gasteiger partial charge on any atom is -0.466 e. The summed E-state index contributed by atoms with van der Waals surface area (Å²) in [5.41, 5.74) is 0. The molecule has 0 spiro atoms. The molecule has 0 aliphatic heterocycles. The van der Waals surface area contributed by atoms with Gasteiger partial charge in [0.05, 0.1) is 12.5 Å². The number of alkyl halides is 1. The first-order valence-electron chi connectivity index (χ1n) is 3.95. The van der Waals surface area contributed by atoms with Crippen LogP contribution in [0.4, 0.5) is 0 Å². The van der Waals surface area contributed by atoms with Crippen molar-refractivity contribution >= 4 is 28.6 Å². The van der Waals surface area contributed by atoms with E-state index in [9.17, 15) is 4.79 Å². The van der Waals surface area contributed by atoms with Crippen LogP contribution in [0.25, 0.3) is 0 Å². The topological polar surface area (TPSA) is 26.3 Å². The van der Waals surface area contributed by atoms with Gasteiger partial charge in [0.2, 0.25) is 0 Å². The lowest BCUT2D eigenvalue weighted by Crippen LogP contribution is -2.14. The van der Waals surface area contributed by atoms with Crippen molar-refractivity contribution in [2.24, 2.45) is 5.92 Å². The van der Waals surface area contributed by atoms with Gasteiger partial charge < -0.3 is 4.74 Å². The molecule has 2 nitrogen and oxygen atoms in total. The van der Waals surface area contributed by atoms with E-state index in [0.717, 1.165) is 17.3 Å². The van der Waals surface area contributed by atoms with Crippen molar-refractivity contribution in [1.29, 1.82) is 0 Å². The summed E-state index contributed by atoms with van der Waals surface area (Å²) in [5, 5.41) is 0. The quantitative estimate of drug-likeness (QED) is 0.435. The second-order valence-corrected chi connectivity index (χ2v) is 3.56. The highest BCUT2D eigenvalue weighted by molar-refractivity contribution is 14.1. The minimum absolute atomic E-state index is 0.0580. The summed E-state index contributed by atoms with van der Waals surface area (Å²) in [5.74, 6) is 0.0158. The molecule has 0 N–H and O–H groups in total. The highest BCUT2D eigenvalue weighted by atomic mass is 127. The van der Waals surface area contributed by atoms with Gasteiger partial charge in [0, 0.05) is 0 Å². The largest absolute Gasteiger partial charge is 0.466 e. The number of hydrogen-bond acceptors (Lipinski definition) is 2. The lowest BCUT2D eigenvalue weighted by molar-refractivity contribution is -0.147. The molecule has 0 saturated carbocycles. The third kappa shape index (κ3) is 5.47. The Morgan fingerprint density at radius 3 is 2.73 bits per heavy atom. The van der Waals surface area contributed by atoms with Crippen LogP contribution >= 0.6 is 22.6 Å². The molecule has 0 aromatic carbocycles. The molecule has 1 unspecified atom stereocenters. The molecule has 0 aliphatic rings. The summed E-state index contributed by atoms with van der Waals surface area (Å²) in [6, 6.07) is 0. The third-order valence-electron chi connectivity index (χ3n) is 1.46. The molecule has 3 heteroatoms. The van der Waals surface area contributed by atoms with E-state index in [4.69, 9.17) is 4.74 Å². The van der Waals surface area contributed by atoms with E-state index in [1.165, 1.54) is 0 Å². The lowest BCUT2D eigenvalue weighted by Gasteiger charge is -2.08. The first-order chi connectivity index (χ1) is 5.22. The van der Waals surface area contributed by atoms with Gasteiger partial charge in [-0.25, -0.2) is 0 Å². The molecule has 66 valence electrons. The molecule has 1 atom stereocenters. The fourth-order valence-electron chi connectivity index (χ4n) is 0.786. The van der Waals surface area contributed by atoms with Crippen LogP contribution in [0, 0.1) is 5.92 Å². The van der Waals surface area contributed by atoms with Gasteiger partial charge in [0.15, 0.2) is 0 Å². The van der Waals surface area contributed by atoms with E-state index in [1.54, 1.807) is 0 Å². The zero-order valence-electron chi connectivity index (χ0n) is 7.10. The maximum Gasteiger partial charge on any atom is 0.308 e. The van der Waals surface area contributed by atoms with Gasteiger partial charge in [-0.2, -0.15) is 0 Å². The number of halogens is 1. The predicted octanol–water partition coefficient (Wildman–Crippen LogP) is 2.40. The standard InChI is InChI=1S/C8H15IO2/c1-3-11-8(10)7(2)5-4-6-9/h7H,3-6H2,1-2H3. The minimum atomic E-state index is -0.0580. The molecule has 0 amide bonds. The molecule has 0 radical (unpaired) electrons. The molecule has 0 fully saturated rings. The van der Waals surface area contributed by atoms with Gasteiger partial charge >= 0.3 is 5.97 Å². The van der Waals surface area contributed by atoms with Gasteiger partial charge in [-0.3, -0.25) is 4.79 Å². The molecule has 0 aromatic rings. The average molecular weight is 270 g/mol. The fraction of sp³-hybridized carbons (Fsp3) is 0.875. The molecule has 0 aromatic heterocycles. The molecule has 11 heavy (non-hydrogen) atoms. The van der Waals surface area contributed by atoms with Crippen LogP contribution in [-0.2, 0) is 9.53 Å². The summed E-state index contributed by atoms with van der Waals surface area (Å²) in [7, 11) is 0. The maximum atomic E-state index is 11.0. The van der Waals surface area contributed by atoms with Gasteiger partial charge in [0.25, 0.3) is 0 Å². The van der Waals surface area contributed by atoms with Gasteiger partial charge in [0.1, 0.15) is 0 Å². The van der Waals surface area contributed by atoms with Crippen molar-refractivity contribution in [2.75, 3.05) is 11.0 Å². The summed E-state index contributed by atoms with van der Waals surface area (Å²) < 4.78 is 5.97. The highest BCUT2D eigenvalue weighted by Gasteiger charge is 2.12. The van der Waals surface area contributed by atoms with E-state index in [-0.39, 0.29) is 11.9 Å². The van der Waals surface area contributed by atoms with E-state index in [0.29, 0.717) is 6.61 Å². The maximum absolute atomic E-state index is 11.0. The molecule has 0 aliphatic carbocycles. The van der Waals surface area contributed by atoms with Crippen LogP contribution in [0.15, 0.2) is 0 Å². The molecule has 0 heterocycles. The van der Waals surface area contributed by atoms with Crippen LogP contribution in [0.5, 0.6) is 0 Å². The Balaban J connectivity index is 3.46. The van der Waals surface area contributed by atoms with Crippen LogP contribution in [0.2, 0.25) is 0 Å². The number of carbonyl (C=O) groups is 1. The van der Waals surface area contributed by atoms with Gasteiger partial charge in [-0.05, 0) is 24.2 Å². The van der Waals surface area contributed by atoms with Crippen LogP contribution in [-0.4, -0.2) is 17.0 Å². The van der Waals surface area contributed by atoms with Crippen LogP contribution in [0.1, 0.15) is 26.7 Å². The Morgan fingerprint density at radius 1 is 1.64 bits per heavy atom. The molecular weight excluding hydrogens is 255 g/mol. The van der Waals surface area contributed by atoms with Gasteiger partial charge in [-0.15, -0.1) is 0 Å². The van der Waals surface area contributed by atoms with Crippen LogP contribution in [0.3, 0.4) is 0 Å². The Hall–Kier alpha value is 0.200. The Kier molecular flexibility index (Phi) is 7.01. The summed E-state index contributed by atoms with van der Waals surface area (Å²) in [4.78, 5) is 11.0. The van der Waals surface area contributed by atoms with Crippen molar-refractivity contribution in [1.82, 2.24) is 0 Å². The lowest BCUT2D eigenvalue weighted by atomic mass is 10.1. The molecular formula is C8H15IO2. The zero-order chi connectivity index (χ0) is 8.69. The first-order valence-corrected chi connectivity index (χ1v) is 5.47. The molecule has 0 saturated heterocycles. The van der Waals surface area contributed by atoms with Crippen LogP contribution < -0.4 is 0 Å². The Labute approximate surface area is 81.8 Å². The van der Waals surface area contributed by atoms with Crippen molar-refractivity contribution in [3.63, 3.8) is 0 Å². The number of hydrogen-bond donors (Lipinski definition) is 0. The van der Waals surface area contributed by atoms with Gasteiger partial charge in [-0.1, -0.05) is 29.5 Å². The Bertz CT molecular complexity index is 115. The van der Waals surface area contributed by atoms with Crippen molar-refractivity contribution in [3.8, 4) is 0 Å². The van der Waals surface area contributed by atoms with Crippen molar-refractivity contribution < 1.29 is 9.53 Å². The number of rotatable bonds is 5. The average Bonchev–Trinajstić information content (AvgIpc) is 2.00.